The highest BCUT2D eigenvalue weighted by Crippen LogP contribution is 2.28. The SMILES string of the molecule is CN(C)c1nc(NC2CCC(NC(=O)C3CCc4ccccc4C3)CC2)nc2ccccc12. The van der Waals surface area contributed by atoms with Gasteiger partial charge in [-0.2, -0.15) is 4.98 Å². The Bertz CT molecular complexity index is 1140. The van der Waals surface area contributed by atoms with Crippen molar-refractivity contribution in [1.29, 1.82) is 0 Å². The standard InChI is InChI=1S/C27H33N5O/c1-32(2)25-23-9-5-6-10-24(23)30-27(31-25)29-22-15-13-21(14-16-22)28-26(33)20-12-11-18-7-3-4-8-19(18)17-20/h3-10,20-22H,11-17H2,1-2H3,(H,28,33)(H,29,30,31). The van der Waals surface area contributed by atoms with Crippen LogP contribution in [0.15, 0.2) is 48.5 Å². The summed E-state index contributed by atoms with van der Waals surface area (Å²) < 4.78 is 0. The minimum absolute atomic E-state index is 0.103. The van der Waals surface area contributed by atoms with Crippen LogP contribution in [0.3, 0.4) is 0 Å². The van der Waals surface area contributed by atoms with Crippen LogP contribution in [0, 0.1) is 5.92 Å². The molecule has 0 saturated heterocycles. The van der Waals surface area contributed by atoms with Crippen molar-refractivity contribution >= 4 is 28.6 Å². The lowest BCUT2D eigenvalue weighted by Crippen LogP contribution is -2.43. The van der Waals surface area contributed by atoms with Crippen molar-refractivity contribution in [2.75, 3.05) is 24.3 Å². The number of amides is 1. The van der Waals surface area contributed by atoms with E-state index in [2.05, 4.69) is 41.0 Å². The van der Waals surface area contributed by atoms with Gasteiger partial charge in [-0.15, -0.1) is 0 Å². The van der Waals surface area contributed by atoms with Crippen molar-refractivity contribution in [3.8, 4) is 0 Å². The van der Waals surface area contributed by atoms with Crippen LogP contribution >= 0.6 is 0 Å². The molecule has 0 radical (unpaired) electrons. The molecule has 1 saturated carbocycles. The molecule has 1 unspecified atom stereocenters. The Morgan fingerprint density at radius 3 is 2.36 bits per heavy atom. The molecule has 6 nitrogen and oxygen atoms in total. The minimum atomic E-state index is 0.103. The average Bonchev–Trinajstić information content (AvgIpc) is 2.84. The summed E-state index contributed by atoms with van der Waals surface area (Å²) in [7, 11) is 4.02. The first-order chi connectivity index (χ1) is 16.1. The van der Waals surface area contributed by atoms with E-state index < -0.39 is 0 Å². The van der Waals surface area contributed by atoms with Gasteiger partial charge in [0.05, 0.1) is 5.52 Å². The number of fused-ring (bicyclic) bond motifs is 2. The van der Waals surface area contributed by atoms with Gasteiger partial charge >= 0.3 is 0 Å². The van der Waals surface area contributed by atoms with Gasteiger partial charge in [0.15, 0.2) is 0 Å². The Morgan fingerprint density at radius 1 is 0.879 bits per heavy atom. The number of nitrogens with one attached hydrogen (secondary N) is 2. The van der Waals surface area contributed by atoms with Crippen LogP contribution in [0.2, 0.25) is 0 Å². The van der Waals surface area contributed by atoms with Crippen LogP contribution in [0.5, 0.6) is 0 Å². The number of carbonyl (C=O) groups excluding carboxylic acids is 1. The predicted octanol–water partition coefficient (Wildman–Crippen LogP) is 4.34. The summed E-state index contributed by atoms with van der Waals surface area (Å²) in [5.74, 6) is 1.95. The molecule has 2 aliphatic rings. The topological polar surface area (TPSA) is 70.2 Å². The second-order valence-electron chi connectivity index (χ2n) is 9.69. The number of hydrogen-bond acceptors (Lipinski definition) is 5. The second kappa shape index (κ2) is 9.38. The second-order valence-corrected chi connectivity index (χ2v) is 9.69. The highest BCUT2D eigenvalue weighted by molar-refractivity contribution is 5.90. The van der Waals surface area contributed by atoms with E-state index in [-0.39, 0.29) is 17.9 Å². The molecule has 2 aliphatic carbocycles. The van der Waals surface area contributed by atoms with Gasteiger partial charge in [0, 0.05) is 37.5 Å². The van der Waals surface area contributed by atoms with Crippen molar-refractivity contribution in [2.24, 2.45) is 5.92 Å². The quantitative estimate of drug-likeness (QED) is 0.614. The third kappa shape index (κ3) is 4.80. The maximum Gasteiger partial charge on any atom is 0.225 e. The first kappa shape index (κ1) is 21.7. The molecule has 1 aromatic heterocycles. The number of carbonyl (C=O) groups is 1. The van der Waals surface area contributed by atoms with Crippen molar-refractivity contribution in [2.45, 2.75) is 57.0 Å². The first-order valence-electron chi connectivity index (χ1n) is 12.1. The largest absolute Gasteiger partial charge is 0.362 e. The molecule has 1 atom stereocenters. The summed E-state index contributed by atoms with van der Waals surface area (Å²) in [6.45, 7) is 0. The first-order valence-corrected chi connectivity index (χ1v) is 12.1. The summed E-state index contributed by atoms with van der Waals surface area (Å²) in [5, 5.41) is 7.96. The number of benzene rings is 2. The zero-order chi connectivity index (χ0) is 22.8. The van der Waals surface area contributed by atoms with Crippen LogP contribution < -0.4 is 15.5 Å². The van der Waals surface area contributed by atoms with E-state index >= 15 is 0 Å². The van der Waals surface area contributed by atoms with Crippen LogP contribution in [0.1, 0.15) is 43.2 Å². The van der Waals surface area contributed by atoms with E-state index in [4.69, 9.17) is 9.97 Å². The van der Waals surface area contributed by atoms with Crippen molar-refractivity contribution in [3.05, 3.63) is 59.7 Å². The Kier molecular flexibility index (Phi) is 6.16. The zero-order valence-electron chi connectivity index (χ0n) is 19.6. The molecule has 172 valence electrons. The zero-order valence-corrected chi connectivity index (χ0v) is 19.6. The number of para-hydroxylation sites is 1. The molecule has 2 N–H and O–H groups in total. The van der Waals surface area contributed by atoms with Crippen molar-refractivity contribution < 1.29 is 4.79 Å². The number of anilines is 2. The fourth-order valence-corrected chi connectivity index (χ4v) is 5.27. The highest BCUT2D eigenvalue weighted by atomic mass is 16.1. The summed E-state index contributed by atoms with van der Waals surface area (Å²) in [6.07, 6.45) is 6.81. The molecule has 6 heteroatoms. The van der Waals surface area contributed by atoms with Crippen molar-refractivity contribution in [1.82, 2.24) is 15.3 Å². The summed E-state index contributed by atoms with van der Waals surface area (Å²) in [4.78, 5) is 24.5. The lowest BCUT2D eigenvalue weighted by Gasteiger charge is -2.32. The summed E-state index contributed by atoms with van der Waals surface area (Å²) in [5.41, 5.74) is 3.69. The third-order valence-electron chi connectivity index (χ3n) is 7.13. The Hall–Kier alpha value is -3.15. The van der Waals surface area contributed by atoms with E-state index in [1.807, 2.05) is 37.2 Å². The number of aryl methyl sites for hydroxylation is 1. The fourth-order valence-electron chi connectivity index (χ4n) is 5.27. The van der Waals surface area contributed by atoms with Crippen molar-refractivity contribution in [3.63, 3.8) is 0 Å². The third-order valence-corrected chi connectivity index (χ3v) is 7.13. The molecule has 0 bridgehead atoms. The molecule has 1 fully saturated rings. The monoisotopic (exact) mass is 443 g/mol. The molecule has 3 aromatic rings. The Morgan fingerprint density at radius 2 is 1.58 bits per heavy atom. The van der Waals surface area contributed by atoms with E-state index in [1.54, 1.807) is 0 Å². The lowest BCUT2D eigenvalue weighted by molar-refractivity contribution is -0.126. The van der Waals surface area contributed by atoms with Gasteiger partial charge in [-0.25, -0.2) is 4.98 Å². The minimum Gasteiger partial charge on any atom is -0.362 e. The highest BCUT2D eigenvalue weighted by Gasteiger charge is 2.28. The summed E-state index contributed by atoms with van der Waals surface area (Å²) >= 11 is 0. The average molecular weight is 444 g/mol. The van der Waals surface area contributed by atoms with E-state index in [0.29, 0.717) is 12.0 Å². The van der Waals surface area contributed by atoms with Crippen LogP contribution in [-0.4, -0.2) is 42.1 Å². The molecule has 0 spiro atoms. The maximum absolute atomic E-state index is 12.9. The number of rotatable bonds is 5. The van der Waals surface area contributed by atoms with E-state index in [0.717, 1.165) is 61.7 Å². The lowest BCUT2D eigenvalue weighted by atomic mass is 9.83. The van der Waals surface area contributed by atoms with Gasteiger partial charge in [-0.3, -0.25) is 4.79 Å². The molecule has 2 aromatic carbocycles. The molecular formula is C27H33N5O. The Labute approximate surface area is 195 Å². The molecular weight excluding hydrogens is 410 g/mol. The smallest absolute Gasteiger partial charge is 0.225 e. The van der Waals surface area contributed by atoms with Crippen LogP contribution in [0.4, 0.5) is 11.8 Å². The van der Waals surface area contributed by atoms with Crippen LogP contribution in [-0.2, 0) is 17.6 Å². The fraction of sp³-hybridized carbons (Fsp3) is 0.444. The number of aromatic nitrogens is 2. The summed E-state index contributed by atoms with van der Waals surface area (Å²) in [6, 6.07) is 17.3. The van der Waals surface area contributed by atoms with Gasteiger partial charge in [-0.1, -0.05) is 36.4 Å². The maximum atomic E-state index is 12.9. The molecule has 1 amide bonds. The van der Waals surface area contributed by atoms with Gasteiger partial charge in [0.25, 0.3) is 0 Å². The van der Waals surface area contributed by atoms with E-state index in [9.17, 15) is 4.79 Å². The molecule has 1 heterocycles. The van der Waals surface area contributed by atoms with Gasteiger partial charge in [0.2, 0.25) is 11.9 Å². The Balaban J connectivity index is 1.16. The van der Waals surface area contributed by atoms with Gasteiger partial charge < -0.3 is 15.5 Å². The van der Waals surface area contributed by atoms with Gasteiger partial charge in [0.1, 0.15) is 5.82 Å². The number of nitrogens with zero attached hydrogens (tertiary/aromatic N) is 3. The molecule has 33 heavy (non-hydrogen) atoms. The van der Waals surface area contributed by atoms with E-state index in [1.165, 1.54) is 11.1 Å². The molecule has 0 aliphatic heterocycles. The normalized spacial score (nSPS) is 22.4. The molecule has 5 rings (SSSR count). The number of hydrogen-bond donors (Lipinski definition) is 2. The van der Waals surface area contributed by atoms with Gasteiger partial charge in [-0.05, 0) is 68.2 Å². The predicted molar refractivity (Wildman–Crippen MR) is 134 cm³/mol. The van der Waals surface area contributed by atoms with Crippen LogP contribution in [0.25, 0.3) is 10.9 Å².